The number of anilines is 1. The van der Waals surface area contributed by atoms with Gasteiger partial charge in [0.1, 0.15) is 5.82 Å². The Morgan fingerprint density at radius 1 is 1.12 bits per heavy atom. The van der Waals surface area contributed by atoms with Crippen molar-refractivity contribution in [2.75, 3.05) is 5.32 Å². The number of nitrogens with two attached hydrogens (primary N) is 1. The number of hydrogen-bond acceptors (Lipinski definition) is 6. The Hall–Kier alpha value is -3.75. The lowest BCUT2D eigenvalue weighted by atomic mass is 10.2. The van der Waals surface area contributed by atoms with Crippen LogP contribution in [0.25, 0.3) is 11.4 Å². The maximum atomic E-state index is 12.9. The summed E-state index contributed by atoms with van der Waals surface area (Å²) >= 11 is 0. The van der Waals surface area contributed by atoms with Gasteiger partial charge in [-0.2, -0.15) is 4.98 Å². The SMILES string of the molecule is NC(=O)Nc1ccc(C(=O)OCc2nc(-c3ccc(F)cc3)no2)cc1. The molecule has 0 unspecified atom stereocenters. The lowest BCUT2D eigenvalue weighted by Crippen LogP contribution is -2.19. The quantitative estimate of drug-likeness (QED) is 0.678. The molecule has 0 aliphatic rings. The van der Waals surface area contributed by atoms with E-state index >= 15 is 0 Å². The second-order valence-corrected chi connectivity index (χ2v) is 5.16. The predicted molar refractivity (Wildman–Crippen MR) is 88.5 cm³/mol. The largest absolute Gasteiger partial charge is 0.452 e. The van der Waals surface area contributed by atoms with Crippen LogP contribution in [0.5, 0.6) is 0 Å². The average Bonchev–Trinajstić information content (AvgIpc) is 3.09. The maximum Gasteiger partial charge on any atom is 0.338 e. The monoisotopic (exact) mass is 356 g/mol. The van der Waals surface area contributed by atoms with E-state index in [1.165, 1.54) is 48.5 Å². The number of halogens is 1. The van der Waals surface area contributed by atoms with Crippen LogP contribution < -0.4 is 11.1 Å². The van der Waals surface area contributed by atoms with Gasteiger partial charge in [0.2, 0.25) is 5.82 Å². The number of esters is 1. The number of primary amides is 1. The molecule has 0 radical (unpaired) electrons. The first-order valence-corrected chi connectivity index (χ1v) is 7.43. The third kappa shape index (κ3) is 4.20. The first-order valence-electron chi connectivity index (χ1n) is 7.43. The third-order valence-corrected chi connectivity index (χ3v) is 3.29. The zero-order valence-corrected chi connectivity index (χ0v) is 13.3. The van der Waals surface area contributed by atoms with Gasteiger partial charge in [0.25, 0.3) is 5.89 Å². The third-order valence-electron chi connectivity index (χ3n) is 3.29. The highest BCUT2D eigenvalue weighted by molar-refractivity contribution is 5.91. The number of urea groups is 1. The zero-order chi connectivity index (χ0) is 18.5. The molecule has 1 heterocycles. The smallest absolute Gasteiger partial charge is 0.338 e. The van der Waals surface area contributed by atoms with Crippen molar-refractivity contribution in [3.63, 3.8) is 0 Å². The van der Waals surface area contributed by atoms with Gasteiger partial charge >= 0.3 is 12.0 Å². The summed E-state index contributed by atoms with van der Waals surface area (Å²) in [6.45, 7) is -0.214. The fourth-order valence-corrected chi connectivity index (χ4v) is 2.07. The van der Waals surface area contributed by atoms with Crippen LogP contribution in [0.4, 0.5) is 14.9 Å². The molecule has 3 rings (SSSR count). The number of carbonyl (C=O) groups is 2. The highest BCUT2D eigenvalue weighted by atomic mass is 19.1. The molecule has 3 aromatic rings. The molecular formula is C17H13FN4O4. The second-order valence-electron chi connectivity index (χ2n) is 5.16. The van der Waals surface area contributed by atoms with Crippen LogP contribution in [0, 0.1) is 5.82 Å². The van der Waals surface area contributed by atoms with Crippen LogP contribution in [0.1, 0.15) is 16.2 Å². The molecule has 2 amide bonds. The number of hydrogen-bond donors (Lipinski definition) is 2. The summed E-state index contributed by atoms with van der Waals surface area (Å²) in [6.07, 6.45) is 0. The van der Waals surface area contributed by atoms with Gasteiger partial charge < -0.3 is 20.3 Å². The summed E-state index contributed by atoms with van der Waals surface area (Å²) in [5.74, 6) is -0.608. The Morgan fingerprint density at radius 3 is 2.46 bits per heavy atom. The molecule has 132 valence electrons. The van der Waals surface area contributed by atoms with Crippen LogP contribution >= 0.6 is 0 Å². The lowest BCUT2D eigenvalue weighted by molar-refractivity contribution is 0.0430. The fraction of sp³-hybridized carbons (Fsp3) is 0.0588. The van der Waals surface area contributed by atoms with Gasteiger partial charge in [-0.25, -0.2) is 14.0 Å². The van der Waals surface area contributed by atoms with Crippen molar-refractivity contribution in [2.45, 2.75) is 6.61 Å². The molecule has 8 nitrogen and oxygen atoms in total. The predicted octanol–water partition coefficient (Wildman–Crippen LogP) is 2.72. The van der Waals surface area contributed by atoms with Crippen LogP contribution in [0.15, 0.2) is 53.1 Å². The molecule has 0 aliphatic heterocycles. The lowest BCUT2D eigenvalue weighted by Gasteiger charge is -2.04. The maximum absolute atomic E-state index is 12.9. The molecular weight excluding hydrogens is 343 g/mol. The second kappa shape index (κ2) is 7.43. The van der Waals surface area contributed by atoms with Gasteiger partial charge in [-0.15, -0.1) is 0 Å². The number of aromatic nitrogens is 2. The van der Waals surface area contributed by atoms with Gasteiger partial charge in [-0.3, -0.25) is 0 Å². The van der Waals surface area contributed by atoms with Crippen molar-refractivity contribution in [2.24, 2.45) is 5.73 Å². The normalized spacial score (nSPS) is 10.3. The van der Waals surface area contributed by atoms with Crippen LogP contribution in [0.3, 0.4) is 0 Å². The summed E-state index contributed by atoms with van der Waals surface area (Å²) < 4.78 is 23.0. The van der Waals surface area contributed by atoms with Gasteiger partial charge in [0, 0.05) is 11.3 Å². The number of rotatable bonds is 5. The summed E-state index contributed by atoms with van der Waals surface area (Å²) in [7, 11) is 0. The minimum absolute atomic E-state index is 0.102. The van der Waals surface area contributed by atoms with Crippen LogP contribution in [-0.4, -0.2) is 22.1 Å². The number of nitrogens with zero attached hydrogens (tertiary/aromatic N) is 2. The highest BCUT2D eigenvalue weighted by Gasteiger charge is 2.13. The molecule has 3 N–H and O–H groups in total. The highest BCUT2D eigenvalue weighted by Crippen LogP contribution is 2.17. The molecule has 0 saturated heterocycles. The number of nitrogens with one attached hydrogen (secondary N) is 1. The molecule has 26 heavy (non-hydrogen) atoms. The molecule has 0 aliphatic carbocycles. The van der Waals surface area contributed by atoms with E-state index in [0.29, 0.717) is 11.3 Å². The number of amides is 2. The van der Waals surface area contributed by atoms with E-state index < -0.39 is 12.0 Å². The molecule has 1 aromatic heterocycles. The Balaban J connectivity index is 1.59. The number of ether oxygens (including phenoxy) is 1. The summed E-state index contributed by atoms with van der Waals surface area (Å²) in [5.41, 5.74) is 6.31. The van der Waals surface area contributed by atoms with E-state index in [1.54, 1.807) is 0 Å². The van der Waals surface area contributed by atoms with E-state index in [1.807, 2.05) is 0 Å². The molecule has 0 fully saturated rings. The Morgan fingerprint density at radius 2 is 1.81 bits per heavy atom. The number of carbonyl (C=O) groups excluding carboxylic acids is 2. The van der Waals surface area contributed by atoms with Crippen molar-refractivity contribution in [1.29, 1.82) is 0 Å². The van der Waals surface area contributed by atoms with Crippen LogP contribution in [0.2, 0.25) is 0 Å². The van der Waals surface area contributed by atoms with E-state index in [9.17, 15) is 14.0 Å². The minimum Gasteiger partial charge on any atom is -0.452 e. The van der Waals surface area contributed by atoms with Crippen molar-refractivity contribution in [1.82, 2.24) is 10.1 Å². The molecule has 9 heteroatoms. The zero-order valence-electron chi connectivity index (χ0n) is 13.3. The standard InChI is InChI=1S/C17H13FN4O4/c18-12-5-1-10(2-6-12)15-21-14(26-22-15)9-25-16(23)11-3-7-13(8-4-11)20-17(19)24/h1-8H,9H2,(H3,19,20,24). The Labute approximate surface area is 146 Å². The van der Waals surface area contributed by atoms with E-state index in [2.05, 4.69) is 15.5 Å². The Kier molecular flexibility index (Phi) is 4.88. The molecule has 0 bridgehead atoms. The van der Waals surface area contributed by atoms with Crippen LogP contribution in [-0.2, 0) is 11.3 Å². The van der Waals surface area contributed by atoms with Gasteiger partial charge in [0.15, 0.2) is 6.61 Å². The molecule has 0 spiro atoms. The summed E-state index contributed by atoms with van der Waals surface area (Å²) in [4.78, 5) is 26.8. The summed E-state index contributed by atoms with van der Waals surface area (Å²) in [6, 6.07) is 10.9. The topological polar surface area (TPSA) is 120 Å². The summed E-state index contributed by atoms with van der Waals surface area (Å²) in [5, 5.41) is 6.13. The van der Waals surface area contributed by atoms with Gasteiger partial charge in [-0.1, -0.05) is 5.16 Å². The first-order chi connectivity index (χ1) is 12.5. The average molecular weight is 356 g/mol. The van der Waals surface area contributed by atoms with Crippen molar-refractivity contribution < 1.29 is 23.2 Å². The van der Waals surface area contributed by atoms with Crippen molar-refractivity contribution >= 4 is 17.7 Å². The van der Waals surface area contributed by atoms with E-state index in [-0.39, 0.29) is 29.7 Å². The Bertz CT molecular complexity index is 923. The van der Waals surface area contributed by atoms with Crippen molar-refractivity contribution in [3.05, 3.63) is 65.8 Å². The number of benzene rings is 2. The van der Waals surface area contributed by atoms with E-state index in [4.69, 9.17) is 15.0 Å². The fourth-order valence-electron chi connectivity index (χ4n) is 2.07. The van der Waals surface area contributed by atoms with Gasteiger partial charge in [0.05, 0.1) is 5.56 Å². The molecule has 0 atom stereocenters. The van der Waals surface area contributed by atoms with E-state index in [0.717, 1.165) is 0 Å². The van der Waals surface area contributed by atoms with Gasteiger partial charge in [-0.05, 0) is 48.5 Å². The minimum atomic E-state index is -0.700. The molecule has 2 aromatic carbocycles. The van der Waals surface area contributed by atoms with Crippen molar-refractivity contribution in [3.8, 4) is 11.4 Å². The molecule has 0 saturated carbocycles. The first kappa shape index (κ1) is 17.1.